The number of methoxy groups -OCH3 is 1. The van der Waals surface area contributed by atoms with Gasteiger partial charge in [0.05, 0.1) is 13.2 Å². The second-order valence-electron chi connectivity index (χ2n) is 6.49. The Morgan fingerprint density at radius 3 is 2.56 bits per heavy atom. The molecule has 6 nitrogen and oxygen atoms in total. The first kappa shape index (κ1) is 17.6. The van der Waals surface area contributed by atoms with Gasteiger partial charge < -0.3 is 14.7 Å². The fourth-order valence-corrected chi connectivity index (χ4v) is 3.22. The van der Waals surface area contributed by atoms with Crippen LogP contribution in [0.15, 0.2) is 30.3 Å². The number of aromatic nitrogens is 2. The van der Waals surface area contributed by atoms with Crippen molar-refractivity contribution in [1.29, 1.82) is 0 Å². The van der Waals surface area contributed by atoms with Crippen LogP contribution in [0.5, 0.6) is 5.75 Å². The smallest absolute Gasteiger partial charge is 0.132 e. The lowest BCUT2D eigenvalue weighted by molar-refractivity contribution is 0.109. The quantitative estimate of drug-likeness (QED) is 0.896. The summed E-state index contributed by atoms with van der Waals surface area (Å²) in [5, 5.41) is 10.5. The topological polar surface area (TPSA) is 61.7 Å². The summed E-state index contributed by atoms with van der Waals surface area (Å²) in [6, 6.07) is 9.67. The van der Waals surface area contributed by atoms with E-state index in [-0.39, 0.29) is 0 Å². The van der Waals surface area contributed by atoms with E-state index in [1.807, 2.05) is 44.2 Å². The SMILES string of the molecule is COc1cccc([C@@H](O)CN2CCN(c3cc(C)nc(C)n3)CC2)c1. The highest BCUT2D eigenvalue weighted by Gasteiger charge is 2.21. The predicted molar refractivity (Wildman–Crippen MR) is 98.1 cm³/mol. The van der Waals surface area contributed by atoms with Gasteiger partial charge in [-0.05, 0) is 31.5 Å². The highest BCUT2D eigenvalue weighted by Crippen LogP contribution is 2.21. The summed E-state index contributed by atoms with van der Waals surface area (Å²) in [7, 11) is 1.64. The first-order valence-electron chi connectivity index (χ1n) is 8.67. The zero-order valence-corrected chi connectivity index (χ0v) is 15.1. The molecular weight excluding hydrogens is 316 g/mol. The first-order valence-corrected chi connectivity index (χ1v) is 8.67. The van der Waals surface area contributed by atoms with Crippen molar-refractivity contribution < 1.29 is 9.84 Å². The zero-order chi connectivity index (χ0) is 17.8. The fraction of sp³-hybridized carbons (Fsp3) is 0.474. The largest absolute Gasteiger partial charge is 0.497 e. The summed E-state index contributed by atoms with van der Waals surface area (Å²) in [5.74, 6) is 2.58. The summed E-state index contributed by atoms with van der Waals surface area (Å²) in [5.41, 5.74) is 1.89. The van der Waals surface area contributed by atoms with Crippen LogP contribution in [0, 0.1) is 13.8 Å². The monoisotopic (exact) mass is 342 g/mol. The second-order valence-corrected chi connectivity index (χ2v) is 6.49. The number of anilines is 1. The van der Waals surface area contributed by atoms with Crippen molar-refractivity contribution in [2.24, 2.45) is 0 Å². The number of hydrogen-bond acceptors (Lipinski definition) is 6. The molecule has 0 amide bonds. The van der Waals surface area contributed by atoms with Crippen molar-refractivity contribution in [2.45, 2.75) is 20.0 Å². The summed E-state index contributed by atoms with van der Waals surface area (Å²) >= 11 is 0. The Kier molecular flexibility index (Phi) is 5.50. The number of β-amino-alcohol motifs (C(OH)–C–C–N with tert-alkyl or cyclic N) is 1. The van der Waals surface area contributed by atoms with E-state index in [1.54, 1.807) is 7.11 Å². The van der Waals surface area contributed by atoms with Crippen LogP contribution in [0.1, 0.15) is 23.2 Å². The van der Waals surface area contributed by atoms with Gasteiger partial charge in [-0.2, -0.15) is 0 Å². The van der Waals surface area contributed by atoms with Gasteiger partial charge in [0.15, 0.2) is 0 Å². The number of aryl methyl sites for hydroxylation is 2. The van der Waals surface area contributed by atoms with E-state index < -0.39 is 6.10 Å². The van der Waals surface area contributed by atoms with Gasteiger partial charge in [-0.3, -0.25) is 4.90 Å². The maximum Gasteiger partial charge on any atom is 0.132 e. The molecule has 1 aromatic heterocycles. The second kappa shape index (κ2) is 7.80. The maximum atomic E-state index is 10.5. The third-order valence-corrected chi connectivity index (χ3v) is 4.56. The predicted octanol–water partition coefficient (Wildman–Crippen LogP) is 1.96. The summed E-state index contributed by atoms with van der Waals surface area (Å²) in [6.45, 7) is 8.17. The number of benzene rings is 1. The summed E-state index contributed by atoms with van der Waals surface area (Å²) < 4.78 is 5.23. The molecule has 0 spiro atoms. The van der Waals surface area contributed by atoms with Gasteiger partial charge in [0.1, 0.15) is 17.4 Å². The molecule has 0 saturated carbocycles. The Hall–Kier alpha value is -2.18. The average molecular weight is 342 g/mol. The molecule has 1 saturated heterocycles. The van der Waals surface area contributed by atoms with Crippen LogP contribution < -0.4 is 9.64 Å². The maximum absolute atomic E-state index is 10.5. The minimum absolute atomic E-state index is 0.509. The molecule has 1 fully saturated rings. The number of aliphatic hydroxyl groups excluding tert-OH is 1. The van der Waals surface area contributed by atoms with Crippen molar-refractivity contribution in [1.82, 2.24) is 14.9 Å². The van der Waals surface area contributed by atoms with Crippen LogP contribution >= 0.6 is 0 Å². The molecule has 3 rings (SSSR count). The third kappa shape index (κ3) is 4.46. The molecule has 2 aromatic rings. The third-order valence-electron chi connectivity index (χ3n) is 4.56. The van der Waals surface area contributed by atoms with Crippen LogP contribution in [-0.4, -0.2) is 59.8 Å². The molecule has 1 aliphatic heterocycles. The Morgan fingerprint density at radius 2 is 1.88 bits per heavy atom. The van der Waals surface area contributed by atoms with Gasteiger partial charge in [0.25, 0.3) is 0 Å². The molecule has 134 valence electrons. The van der Waals surface area contributed by atoms with Gasteiger partial charge >= 0.3 is 0 Å². The normalized spacial score (nSPS) is 16.7. The van der Waals surface area contributed by atoms with Crippen LogP contribution in [0.3, 0.4) is 0 Å². The number of hydrogen-bond donors (Lipinski definition) is 1. The van der Waals surface area contributed by atoms with Crippen molar-refractivity contribution in [3.05, 3.63) is 47.4 Å². The van der Waals surface area contributed by atoms with Crippen molar-refractivity contribution in [3.8, 4) is 5.75 Å². The Labute approximate surface area is 149 Å². The van der Waals surface area contributed by atoms with Gasteiger partial charge in [0.2, 0.25) is 0 Å². The number of rotatable bonds is 5. The standard InChI is InChI=1S/C19H26N4O2/c1-14-11-19(21-15(2)20-14)23-9-7-22(8-10-23)13-18(24)16-5-4-6-17(12-16)25-3/h4-6,11-12,18,24H,7-10,13H2,1-3H3/t18-/m0/s1. The minimum atomic E-state index is -0.509. The Balaban J connectivity index is 1.57. The van der Waals surface area contributed by atoms with Crippen LogP contribution in [-0.2, 0) is 0 Å². The molecule has 0 unspecified atom stereocenters. The average Bonchev–Trinajstić information content (AvgIpc) is 2.61. The molecule has 25 heavy (non-hydrogen) atoms. The van der Waals surface area contributed by atoms with E-state index in [9.17, 15) is 5.11 Å². The van der Waals surface area contributed by atoms with Crippen LogP contribution in [0.25, 0.3) is 0 Å². The molecule has 1 aromatic carbocycles. The number of aliphatic hydroxyl groups is 1. The van der Waals surface area contributed by atoms with Gasteiger partial charge in [-0.15, -0.1) is 0 Å². The van der Waals surface area contributed by atoms with E-state index in [1.165, 1.54) is 0 Å². The Morgan fingerprint density at radius 1 is 1.12 bits per heavy atom. The van der Waals surface area contributed by atoms with E-state index in [0.717, 1.165) is 54.8 Å². The van der Waals surface area contributed by atoms with Crippen molar-refractivity contribution in [2.75, 3.05) is 44.7 Å². The van der Waals surface area contributed by atoms with E-state index in [0.29, 0.717) is 6.54 Å². The number of ether oxygens (including phenoxy) is 1. The molecule has 2 heterocycles. The zero-order valence-electron chi connectivity index (χ0n) is 15.1. The molecule has 0 radical (unpaired) electrons. The molecule has 0 bridgehead atoms. The van der Waals surface area contributed by atoms with Gasteiger partial charge in [0, 0.05) is 44.5 Å². The first-order chi connectivity index (χ1) is 12.0. The number of piperazine rings is 1. The molecule has 1 atom stereocenters. The minimum Gasteiger partial charge on any atom is -0.497 e. The number of nitrogens with zero attached hydrogens (tertiary/aromatic N) is 4. The highest BCUT2D eigenvalue weighted by atomic mass is 16.5. The van der Waals surface area contributed by atoms with Crippen molar-refractivity contribution in [3.63, 3.8) is 0 Å². The lowest BCUT2D eigenvalue weighted by atomic mass is 10.1. The van der Waals surface area contributed by atoms with E-state index in [2.05, 4.69) is 19.8 Å². The highest BCUT2D eigenvalue weighted by molar-refractivity contribution is 5.40. The van der Waals surface area contributed by atoms with Crippen LogP contribution in [0.4, 0.5) is 5.82 Å². The van der Waals surface area contributed by atoms with Crippen LogP contribution in [0.2, 0.25) is 0 Å². The lowest BCUT2D eigenvalue weighted by Crippen LogP contribution is -2.47. The van der Waals surface area contributed by atoms with E-state index >= 15 is 0 Å². The molecule has 6 heteroatoms. The summed E-state index contributed by atoms with van der Waals surface area (Å²) in [4.78, 5) is 13.5. The van der Waals surface area contributed by atoms with E-state index in [4.69, 9.17) is 4.74 Å². The molecule has 1 N–H and O–H groups in total. The van der Waals surface area contributed by atoms with Crippen molar-refractivity contribution >= 4 is 5.82 Å². The molecule has 1 aliphatic rings. The lowest BCUT2D eigenvalue weighted by Gasteiger charge is -2.36. The fourth-order valence-electron chi connectivity index (χ4n) is 3.22. The molecular formula is C19H26N4O2. The molecule has 0 aliphatic carbocycles. The summed E-state index contributed by atoms with van der Waals surface area (Å²) in [6.07, 6.45) is -0.509. The van der Waals surface area contributed by atoms with Gasteiger partial charge in [-0.25, -0.2) is 9.97 Å². The van der Waals surface area contributed by atoms with Gasteiger partial charge in [-0.1, -0.05) is 12.1 Å². The Bertz CT molecular complexity index is 694.